The van der Waals surface area contributed by atoms with Crippen molar-refractivity contribution in [1.82, 2.24) is 14.8 Å². The van der Waals surface area contributed by atoms with Gasteiger partial charge in [-0.3, -0.25) is 14.7 Å². The van der Waals surface area contributed by atoms with Crippen LogP contribution in [0.3, 0.4) is 0 Å². The van der Waals surface area contributed by atoms with Crippen LogP contribution in [-0.2, 0) is 11.3 Å². The second-order valence-electron chi connectivity index (χ2n) is 6.03. The normalized spacial score (nSPS) is 22.4. The highest BCUT2D eigenvalue weighted by atomic mass is 19.1. The smallest absolute Gasteiger partial charge is 0.209 e. The largest absolute Gasteiger partial charge is 0.345 e. The molecule has 1 aromatic heterocycles. The molecule has 0 aromatic carbocycles. The molecule has 3 rings (SSSR count). The van der Waals surface area contributed by atoms with Crippen LogP contribution in [0.25, 0.3) is 0 Å². The fraction of sp³-hybridized carbons (Fsp3) is 0.600. The molecule has 0 atom stereocenters. The van der Waals surface area contributed by atoms with Crippen LogP contribution in [0.4, 0.5) is 4.39 Å². The van der Waals surface area contributed by atoms with Crippen molar-refractivity contribution in [2.24, 2.45) is 5.41 Å². The SMILES string of the molecule is O=CN1CCC2(CCN(Cc3ncccc3F)CC2)C1. The molecule has 0 N–H and O–H groups in total. The Morgan fingerprint density at radius 3 is 2.70 bits per heavy atom. The molecular formula is C15H20FN3O. The number of carbonyl (C=O) groups is 1. The molecular weight excluding hydrogens is 257 g/mol. The number of hydrogen-bond donors (Lipinski definition) is 0. The lowest BCUT2D eigenvalue weighted by atomic mass is 9.78. The molecule has 2 aliphatic heterocycles. The zero-order valence-electron chi connectivity index (χ0n) is 11.6. The van der Waals surface area contributed by atoms with Crippen LogP contribution >= 0.6 is 0 Å². The second kappa shape index (κ2) is 5.48. The lowest BCUT2D eigenvalue weighted by Gasteiger charge is -2.38. The van der Waals surface area contributed by atoms with Crippen LogP contribution in [0.2, 0.25) is 0 Å². The Morgan fingerprint density at radius 1 is 1.30 bits per heavy atom. The number of aromatic nitrogens is 1. The van der Waals surface area contributed by atoms with E-state index < -0.39 is 0 Å². The van der Waals surface area contributed by atoms with E-state index in [0.717, 1.165) is 51.9 Å². The highest BCUT2D eigenvalue weighted by Crippen LogP contribution is 2.40. The molecule has 20 heavy (non-hydrogen) atoms. The lowest BCUT2D eigenvalue weighted by Crippen LogP contribution is -2.41. The summed E-state index contributed by atoms with van der Waals surface area (Å²) < 4.78 is 13.6. The van der Waals surface area contributed by atoms with Gasteiger partial charge in [0.25, 0.3) is 0 Å². The first-order valence-electron chi connectivity index (χ1n) is 7.22. The standard InChI is InChI=1S/C15H20FN3O/c16-13-2-1-6-17-14(13)10-18-7-3-15(4-8-18)5-9-19(11-15)12-20/h1-2,6,12H,3-5,7-11H2. The van der Waals surface area contributed by atoms with E-state index in [4.69, 9.17) is 0 Å². The van der Waals surface area contributed by atoms with E-state index in [-0.39, 0.29) is 5.82 Å². The molecule has 2 fully saturated rings. The van der Waals surface area contributed by atoms with Crippen molar-refractivity contribution in [3.8, 4) is 0 Å². The molecule has 0 saturated carbocycles. The van der Waals surface area contributed by atoms with Gasteiger partial charge in [-0.05, 0) is 49.9 Å². The molecule has 0 bridgehead atoms. The minimum absolute atomic E-state index is 0.221. The Balaban J connectivity index is 1.57. The number of carbonyl (C=O) groups excluding carboxylic acids is 1. The maximum absolute atomic E-state index is 13.6. The summed E-state index contributed by atoms with van der Waals surface area (Å²) in [5.74, 6) is -0.221. The van der Waals surface area contributed by atoms with Crippen LogP contribution in [0.1, 0.15) is 25.0 Å². The van der Waals surface area contributed by atoms with E-state index in [0.29, 0.717) is 17.7 Å². The monoisotopic (exact) mass is 277 g/mol. The van der Waals surface area contributed by atoms with Crippen LogP contribution in [0.5, 0.6) is 0 Å². The number of nitrogens with zero attached hydrogens (tertiary/aromatic N) is 3. The number of amides is 1. The molecule has 3 heterocycles. The van der Waals surface area contributed by atoms with Crippen molar-refractivity contribution < 1.29 is 9.18 Å². The molecule has 1 aromatic rings. The van der Waals surface area contributed by atoms with Crippen LogP contribution in [0, 0.1) is 11.2 Å². The predicted octanol–water partition coefficient (Wildman–Crippen LogP) is 1.66. The van der Waals surface area contributed by atoms with E-state index in [1.807, 2.05) is 4.90 Å². The average molecular weight is 277 g/mol. The van der Waals surface area contributed by atoms with Crippen molar-refractivity contribution in [2.45, 2.75) is 25.8 Å². The van der Waals surface area contributed by atoms with E-state index in [1.54, 1.807) is 12.3 Å². The van der Waals surface area contributed by atoms with Gasteiger partial charge in [0.2, 0.25) is 6.41 Å². The maximum atomic E-state index is 13.6. The first-order chi connectivity index (χ1) is 9.71. The summed E-state index contributed by atoms with van der Waals surface area (Å²) >= 11 is 0. The van der Waals surface area contributed by atoms with Crippen LogP contribution in [0.15, 0.2) is 18.3 Å². The zero-order chi connectivity index (χ0) is 14.0. The van der Waals surface area contributed by atoms with E-state index in [2.05, 4.69) is 9.88 Å². The number of rotatable bonds is 3. The van der Waals surface area contributed by atoms with Gasteiger partial charge in [-0.1, -0.05) is 0 Å². The quantitative estimate of drug-likeness (QED) is 0.789. The van der Waals surface area contributed by atoms with Crippen molar-refractivity contribution >= 4 is 6.41 Å². The molecule has 2 saturated heterocycles. The minimum atomic E-state index is -0.221. The van der Waals surface area contributed by atoms with Gasteiger partial charge in [-0.15, -0.1) is 0 Å². The highest BCUT2D eigenvalue weighted by Gasteiger charge is 2.40. The first kappa shape index (κ1) is 13.5. The Kier molecular flexibility index (Phi) is 3.70. The number of pyridine rings is 1. The number of hydrogen-bond acceptors (Lipinski definition) is 3. The molecule has 0 aliphatic carbocycles. The van der Waals surface area contributed by atoms with E-state index >= 15 is 0 Å². The fourth-order valence-corrected chi connectivity index (χ4v) is 3.40. The summed E-state index contributed by atoms with van der Waals surface area (Å²) in [4.78, 5) is 19.1. The Bertz CT molecular complexity index is 486. The molecule has 1 spiro atoms. The minimum Gasteiger partial charge on any atom is -0.345 e. The second-order valence-corrected chi connectivity index (χ2v) is 6.03. The van der Waals surface area contributed by atoms with Gasteiger partial charge < -0.3 is 4.90 Å². The lowest BCUT2D eigenvalue weighted by molar-refractivity contribution is -0.117. The summed E-state index contributed by atoms with van der Waals surface area (Å²) in [7, 11) is 0. The number of halogens is 1. The number of likely N-dealkylation sites (tertiary alicyclic amines) is 2. The van der Waals surface area contributed by atoms with Gasteiger partial charge in [-0.25, -0.2) is 4.39 Å². The summed E-state index contributed by atoms with van der Waals surface area (Å²) in [6.07, 6.45) is 5.89. The van der Waals surface area contributed by atoms with Crippen molar-refractivity contribution in [3.63, 3.8) is 0 Å². The van der Waals surface area contributed by atoms with Crippen molar-refractivity contribution in [1.29, 1.82) is 0 Å². The van der Waals surface area contributed by atoms with Crippen LogP contribution in [-0.4, -0.2) is 47.4 Å². The molecule has 4 nitrogen and oxygen atoms in total. The molecule has 5 heteroatoms. The first-order valence-corrected chi connectivity index (χ1v) is 7.22. The van der Waals surface area contributed by atoms with Gasteiger partial charge >= 0.3 is 0 Å². The summed E-state index contributed by atoms with van der Waals surface area (Å²) in [6, 6.07) is 3.09. The van der Waals surface area contributed by atoms with Crippen molar-refractivity contribution in [2.75, 3.05) is 26.2 Å². The zero-order valence-corrected chi connectivity index (χ0v) is 11.6. The third-order valence-electron chi connectivity index (χ3n) is 4.74. The molecule has 0 radical (unpaired) electrons. The fourth-order valence-electron chi connectivity index (χ4n) is 3.40. The predicted molar refractivity (Wildman–Crippen MR) is 73.4 cm³/mol. The van der Waals surface area contributed by atoms with Gasteiger partial charge in [0.1, 0.15) is 5.82 Å². The van der Waals surface area contributed by atoms with E-state index in [1.165, 1.54) is 6.07 Å². The van der Waals surface area contributed by atoms with Crippen molar-refractivity contribution in [3.05, 3.63) is 29.8 Å². The van der Waals surface area contributed by atoms with Gasteiger partial charge in [0.05, 0.1) is 5.69 Å². The summed E-state index contributed by atoms with van der Waals surface area (Å²) in [6.45, 7) is 4.28. The van der Waals surface area contributed by atoms with E-state index in [9.17, 15) is 9.18 Å². The molecule has 0 unspecified atom stereocenters. The topological polar surface area (TPSA) is 36.4 Å². The molecule has 2 aliphatic rings. The Hall–Kier alpha value is -1.49. The Labute approximate surface area is 118 Å². The average Bonchev–Trinajstić information content (AvgIpc) is 2.87. The summed E-state index contributed by atoms with van der Waals surface area (Å²) in [5.41, 5.74) is 0.837. The maximum Gasteiger partial charge on any atom is 0.209 e. The third kappa shape index (κ3) is 2.68. The highest BCUT2D eigenvalue weighted by molar-refractivity contribution is 5.47. The van der Waals surface area contributed by atoms with Crippen LogP contribution < -0.4 is 0 Å². The third-order valence-corrected chi connectivity index (χ3v) is 4.74. The number of piperidine rings is 1. The Morgan fingerprint density at radius 2 is 2.05 bits per heavy atom. The van der Waals surface area contributed by atoms with Gasteiger partial charge in [-0.2, -0.15) is 0 Å². The summed E-state index contributed by atoms with van der Waals surface area (Å²) in [5, 5.41) is 0. The molecule has 108 valence electrons. The van der Waals surface area contributed by atoms with Gasteiger partial charge in [0.15, 0.2) is 0 Å². The van der Waals surface area contributed by atoms with Gasteiger partial charge in [0, 0.05) is 25.8 Å². The molecule has 1 amide bonds.